The topological polar surface area (TPSA) is 88.9 Å². The second-order valence-electron chi connectivity index (χ2n) is 7.48. The molecule has 170 valence electrons. The van der Waals surface area contributed by atoms with Gasteiger partial charge in [0, 0.05) is 41.4 Å². The SMILES string of the molecule is CNS(=O)(=O)CCNc1ccc(-c2cccc(Cl)c2)cc1-c1ccn(Cc2cccnc2)n1. The average Bonchev–Trinajstić information content (AvgIpc) is 3.28. The van der Waals surface area contributed by atoms with Crippen molar-refractivity contribution in [2.45, 2.75) is 6.54 Å². The summed E-state index contributed by atoms with van der Waals surface area (Å²) in [6.45, 7) is 0.869. The first-order valence-corrected chi connectivity index (χ1v) is 12.4. The number of anilines is 1. The molecule has 33 heavy (non-hydrogen) atoms. The van der Waals surface area contributed by atoms with E-state index in [1.54, 1.807) is 6.20 Å². The second kappa shape index (κ2) is 10.2. The molecular weight excluding hydrogens is 458 g/mol. The van der Waals surface area contributed by atoms with Gasteiger partial charge in [-0.15, -0.1) is 0 Å². The van der Waals surface area contributed by atoms with Crippen LogP contribution in [0.4, 0.5) is 5.69 Å². The molecule has 0 fully saturated rings. The number of rotatable bonds is 9. The molecule has 0 unspecified atom stereocenters. The number of pyridine rings is 1. The summed E-state index contributed by atoms with van der Waals surface area (Å²) in [5.74, 6) is -0.0333. The van der Waals surface area contributed by atoms with E-state index in [9.17, 15) is 8.42 Å². The molecule has 0 aliphatic carbocycles. The van der Waals surface area contributed by atoms with Gasteiger partial charge in [-0.05, 0) is 60.1 Å². The van der Waals surface area contributed by atoms with E-state index in [1.807, 2.05) is 77.7 Å². The molecule has 0 amide bonds. The molecule has 2 N–H and O–H groups in total. The maximum absolute atomic E-state index is 11.8. The first-order chi connectivity index (χ1) is 15.9. The standard InChI is InChI=1S/C24H24ClN5O2S/c1-26-33(31,32)13-11-28-23-8-7-20(19-5-2-6-21(25)14-19)15-22(23)24-9-12-30(29-24)17-18-4-3-10-27-16-18/h2-10,12,14-16,26,28H,11,13,17H2,1H3. The third kappa shape index (κ3) is 5.98. The highest BCUT2D eigenvalue weighted by Crippen LogP contribution is 2.33. The van der Waals surface area contributed by atoms with Gasteiger partial charge < -0.3 is 5.32 Å². The number of halogens is 1. The second-order valence-corrected chi connectivity index (χ2v) is 9.96. The van der Waals surface area contributed by atoms with Gasteiger partial charge in [-0.25, -0.2) is 13.1 Å². The smallest absolute Gasteiger partial charge is 0.213 e. The Balaban J connectivity index is 1.66. The van der Waals surface area contributed by atoms with Gasteiger partial charge in [0.05, 0.1) is 18.0 Å². The number of hydrogen-bond donors (Lipinski definition) is 2. The summed E-state index contributed by atoms with van der Waals surface area (Å²) in [6.07, 6.45) is 5.48. The van der Waals surface area contributed by atoms with Crippen molar-refractivity contribution >= 4 is 27.3 Å². The van der Waals surface area contributed by atoms with Crippen LogP contribution >= 0.6 is 11.6 Å². The van der Waals surface area contributed by atoms with Gasteiger partial charge in [-0.3, -0.25) is 9.67 Å². The normalized spacial score (nSPS) is 11.5. The number of sulfonamides is 1. The third-order valence-electron chi connectivity index (χ3n) is 5.16. The summed E-state index contributed by atoms with van der Waals surface area (Å²) in [5.41, 5.74) is 5.49. The first kappa shape index (κ1) is 23.0. The van der Waals surface area contributed by atoms with Crippen LogP contribution in [0.3, 0.4) is 0 Å². The van der Waals surface area contributed by atoms with E-state index in [-0.39, 0.29) is 12.3 Å². The fraction of sp³-hybridized carbons (Fsp3) is 0.167. The molecule has 4 rings (SSSR count). The number of benzene rings is 2. The summed E-state index contributed by atoms with van der Waals surface area (Å²) in [6, 6.07) is 19.5. The third-order valence-corrected chi connectivity index (χ3v) is 6.76. The molecule has 2 aromatic heterocycles. The largest absolute Gasteiger partial charge is 0.383 e. The van der Waals surface area contributed by atoms with Gasteiger partial charge in [0.25, 0.3) is 0 Å². The van der Waals surface area contributed by atoms with Gasteiger partial charge >= 0.3 is 0 Å². The van der Waals surface area contributed by atoms with E-state index in [2.05, 4.69) is 15.0 Å². The maximum atomic E-state index is 11.8. The fourth-order valence-corrected chi connectivity index (χ4v) is 4.22. The molecule has 0 radical (unpaired) electrons. The average molecular weight is 482 g/mol. The minimum Gasteiger partial charge on any atom is -0.383 e. The summed E-state index contributed by atoms with van der Waals surface area (Å²) in [5, 5.41) is 8.66. The molecule has 2 heterocycles. The van der Waals surface area contributed by atoms with Crippen molar-refractivity contribution in [2.24, 2.45) is 0 Å². The zero-order valence-electron chi connectivity index (χ0n) is 18.1. The van der Waals surface area contributed by atoms with E-state index in [0.717, 1.165) is 33.6 Å². The van der Waals surface area contributed by atoms with E-state index in [1.165, 1.54) is 7.05 Å². The van der Waals surface area contributed by atoms with Crippen LogP contribution in [0.1, 0.15) is 5.56 Å². The van der Waals surface area contributed by atoms with Crippen molar-refractivity contribution in [3.63, 3.8) is 0 Å². The molecule has 4 aromatic rings. The van der Waals surface area contributed by atoms with Crippen LogP contribution in [-0.4, -0.2) is 42.5 Å². The van der Waals surface area contributed by atoms with Crippen LogP contribution in [-0.2, 0) is 16.6 Å². The highest BCUT2D eigenvalue weighted by Gasteiger charge is 2.13. The van der Waals surface area contributed by atoms with Crippen LogP contribution in [0.25, 0.3) is 22.4 Å². The molecule has 0 aliphatic rings. The summed E-state index contributed by atoms with van der Waals surface area (Å²) in [4.78, 5) is 4.16. The zero-order valence-corrected chi connectivity index (χ0v) is 19.6. The lowest BCUT2D eigenvalue weighted by molar-refractivity contribution is 0.588. The van der Waals surface area contributed by atoms with Gasteiger partial charge in [-0.1, -0.05) is 35.9 Å². The summed E-state index contributed by atoms with van der Waals surface area (Å²) < 4.78 is 27.8. The lowest BCUT2D eigenvalue weighted by Gasteiger charge is -2.13. The number of hydrogen-bond acceptors (Lipinski definition) is 5. The summed E-state index contributed by atoms with van der Waals surface area (Å²) in [7, 11) is -1.89. The zero-order chi connectivity index (χ0) is 23.3. The molecule has 0 aliphatic heterocycles. The predicted molar refractivity (Wildman–Crippen MR) is 133 cm³/mol. The van der Waals surface area contributed by atoms with Crippen LogP contribution in [0.5, 0.6) is 0 Å². The van der Waals surface area contributed by atoms with E-state index in [4.69, 9.17) is 16.7 Å². The fourth-order valence-electron chi connectivity index (χ4n) is 3.45. The molecule has 0 spiro atoms. The molecule has 9 heteroatoms. The molecule has 0 bridgehead atoms. The molecule has 7 nitrogen and oxygen atoms in total. The number of nitrogens with one attached hydrogen (secondary N) is 2. The monoisotopic (exact) mass is 481 g/mol. The molecule has 2 aromatic carbocycles. The van der Waals surface area contributed by atoms with Crippen LogP contribution in [0.15, 0.2) is 79.3 Å². The van der Waals surface area contributed by atoms with Crippen molar-refractivity contribution < 1.29 is 8.42 Å². The Bertz CT molecular complexity index is 1340. The van der Waals surface area contributed by atoms with Gasteiger partial charge in [-0.2, -0.15) is 5.10 Å². The van der Waals surface area contributed by atoms with Crippen molar-refractivity contribution in [3.05, 3.63) is 89.8 Å². The Morgan fingerprint density at radius 2 is 1.88 bits per heavy atom. The molecule has 0 saturated carbocycles. The molecule has 0 saturated heterocycles. The minimum absolute atomic E-state index is 0.0333. The van der Waals surface area contributed by atoms with Crippen molar-refractivity contribution in [3.8, 4) is 22.4 Å². The van der Waals surface area contributed by atoms with Crippen LogP contribution < -0.4 is 10.0 Å². The summed E-state index contributed by atoms with van der Waals surface area (Å²) >= 11 is 6.19. The minimum atomic E-state index is -3.31. The van der Waals surface area contributed by atoms with E-state index < -0.39 is 10.0 Å². The Hall–Kier alpha value is -3.20. The predicted octanol–water partition coefficient (Wildman–Crippen LogP) is 4.27. The van der Waals surface area contributed by atoms with E-state index >= 15 is 0 Å². The highest BCUT2D eigenvalue weighted by atomic mass is 35.5. The Labute approximate surface area is 198 Å². The Kier molecular flexibility index (Phi) is 7.08. The van der Waals surface area contributed by atoms with Crippen LogP contribution in [0.2, 0.25) is 5.02 Å². The van der Waals surface area contributed by atoms with E-state index in [0.29, 0.717) is 11.6 Å². The number of aromatic nitrogens is 3. The maximum Gasteiger partial charge on any atom is 0.213 e. The lowest BCUT2D eigenvalue weighted by atomic mass is 10.00. The van der Waals surface area contributed by atoms with Crippen LogP contribution in [0, 0.1) is 0 Å². The quantitative estimate of drug-likeness (QED) is 0.372. The Morgan fingerprint density at radius 3 is 2.64 bits per heavy atom. The molecular formula is C24H24ClN5O2S. The number of nitrogens with zero attached hydrogens (tertiary/aromatic N) is 3. The van der Waals surface area contributed by atoms with Gasteiger partial charge in [0.1, 0.15) is 0 Å². The highest BCUT2D eigenvalue weighted by molar-refractivity contribution is 7.89. The molecule has 0 atom stereocenters. The first-order valence-electron chi connectivity index (χ1n) is 10.4. The Morgan fingerprint density at radius 1 is 1.03 bits per heavy atom. The van der Waals surface area contributed by atoms with Gasteiger partial charge in [0.2, 0.25) is 10.0 Å². The lowest BCUT2D eigenvalue weighted by Crippen LogP contribution is -2.26. The van der Waals surface area contributed by atoms with Crippen molar-refractivity contribution in [2.75, 3.05) is 24.7 Å². The van der Waals surface area contributed by atoms with Crippen molar-refractivity contribution in [1.29, 1.82) is 0 Å². The van der Waals surface area contributed by atoms with Crippen molar-refractivity contribution in [1.82, 2.24) is 19.5 Å². The van der Waals surface area contributed by atoms with Gasteiger partial charge in [0.15, 0.2) is 0 Å².